The highest BCUT2D eigenvalue weighted by Gasteiger charge is 2.23. The van der Waals surface area contributed by atoms with E-state index >= 15 is 0 Å². The second-order valence-corrected chi connectivity index (χ2v) is 7.62. The van der Waals surface area contributed by atoms with Gasteiger partial charge in [0.1, 0.15) is 10.6 Å². The van der Waals surface area contributed by atoms with Gasteiger partial charge >= 0.3 is 5.97 Å². The Kier molecular flexibility index (Phi) is 5.29. The Labute approximate surface area is 128 Å². The third kappa shape index (κ3) is 4.72. The van der Waals surface area contributed by atoms with Gasteiger partial charge in [0, 0.05) is 30.5 Å². The van der Waals surface area contributed by atoms with E-state index in [1.807, 2.05) is 0 Å². The summed E-state index contributed by atoms with van der Waals surface area (Å²) in [5.41, 5.74) is 0.169. The zero-order valence-electron chi connectivity index (χ0n) is 11.7. The van der Waals surface area contributed by atoms with E-state index in [0.29, 0.717) is 25.7 Å². The maximum absolute atomic E-state index is 12.0. The molecule has 1 aliphatic rings. The van der Waals surface area contributed by atoms with Crippen molar-refractivity contribution in [2.75, 3.05) is 20.3 Å². The standard InChI is InChI=1S/C13H18ClNO5S/c1-19-7-5-15-9-11(21(14,17)18)8-12(15)13(16)20-6-4-10-2-3-10/h8-10H,2-7H2,1H3. The van der Waals surface area contributed by atoms with Crippen molar-refractivity contribution in [3.8, 4) is 0 Å². The van der Waals surface area contributed by atoms with E-state index in [1.165, 1.54) is 36.8 Å². The van der Waals surface area contributed by atoms with Gasteiger partial charge in [-0.3, -0.25) is 0 Å². The van der Waals surface area contributed by atoms with Crippen LogP contribution in [0.1, 0.15) is 29.8 Å². The predicted molar refractivity (Wildman–Crippen MR) is 77.0 cm³/mol. The molecule has 118 valence electrons. The van der Waals surface area contributed by atoms with Crippen LogP contribution in [0.3, 0.4) is 0 Å². The molecule has 1 aromatic heterocycles. The van der Waals surface area contributed by atoms with E-state index in [2.05, 4.69) is 0 Å². The molecule has 1 fully saturated rings. The lowest BCUT2D eigenvalue weighted by Crippen LogP contribution is -2.14. The Morgan fingerprint density at radius 2 is 2.14 bits per heavy atom. The van der Waals surface area contributed by atoms with Crippen LogP contribution >= 0.6 is 10.7 Å². The highest BCUT2D eigenvalue weighted by Crippen LogP contribution is 2.32. The van der Waals surface area contributed by atoms with Crippen molar-refractivity contribution >= 4 is 25.7 Å². The lowest BCUT2D eigenvalue weighted by Gasteiger charge is -2.08. The monoisotopic (exact) mass is 335 g/mol. The second kappa shape index (κ2) is 6.81. The van der Waals surface area contributed by atoms with Crippen molar-refractivity contribution in [2.24, 2.45) is 5.92 Å². The molecule has 21 heavy (non-hydrogen) atoms. The molecule has 1 aliphatic carbocycles. The van der Waals surface area contributed by atoms with Crippen LogP contribution < -0.4 is 0 Å². The lowest BCUT2D eigenvalue weighted by atomic mass is 10.3. The number of carbonyl (C=O) groups is 1. The van der Waals surface area contributed by atoms with E-state index in [9.17, 15) is 13.2 Å². The molecule has 0 bridgehead atoms. The van der Waals surface area contributed by atoms with Crippen LogP contribution in [-0.2, 0) is 25.1 Å². The number of halogens is 1. The predicted octanol–water partition coefficient (Wildman–Crippen LogP) is 2.02. The zero-order chi connectivity index (χ0) is 15.5. The third-order valence-corrected chi connectivity index (χ3v) is 4.68. The fourth-order valence-corrected chi connectivity index (χ4v) is 2.72. The largest absolute Gasteiger partial charge is 0.461 e. The van der Waals surface area contributed by atoms with Gasteiger partial charge in [-0.25, -0.2) is 13.2 Å². The molecule has 0 unspecified atom stereocenters. The Hall–Kier alpha value is -1.05. The van der Waals surface area contributed by atoms with Crippen molar-refractivity contribution in [2.45, 2.75) is 30.7 Å². The van der Waals surface area contributed by atoms with Crippen LogP contribution in [0.5, 0.6) is 0 Å². The first-order valence-electron chi connectivity index (χ1n) is 6.72. The minimum absolute atomic E-state index is 0.116. The number of methoxy groups -OCH3 is 1. The molecule has 0 saturated heterocycles. The summed E-state index contributed by atoms with van der Waals surface area (Å²) in [6.45, 7) is 1.04. The van der Waals surface area contributed by atoms with Gasteiger partial charge in [-0.15, -0.1) is 0 Å². The summed E-state index contributed by atoms with van der Waals surface area (Å²) in [6, 6.07) is 1.23. The molecule has 0 amide bonds. The van der Waals surface area contributed by atoms with Crippen LogP contribution in [0.2, 0.25) is 0 Å². The lowest BCUT2D eigenvalue weighted by molar-refractivity contribution is 0.0480. The van der Waals surface area contributed by atoms with Crippen molar-refractivity contribution in [1.29, 1.82) is 0 Å². The smallest absolute Gasteiger partial charge is 0.354 e. The number of ether oxygens (including phenoxy) is 2. The van der Waals surface area contributed by atoms with Crippen LogP contribution in [-0.4, -0.2) is 39.3 Å². The van der Waals surface area contributed by atoms with Gasteiger partial charge in [-0.05, 0) is 18.4 Å². The van der Waals surface area contributed by atoms with Crippen molar-refractivity contribution < 1.29 is 22.7 Å². The normalized spacial score (nSPS) is 15.1. The highest BCUT2D eigenvalue weighted by atomic mass is 35.7. The third-order valence-electron chi connectivity index (χ3n) is 3.35. The molecule has 0 N–H and O–H groups in total. The minimum Gasteiger partial charge on any atom is -0.461 e. The summed E-state index contributed by atoms with van der Waals surface area (Å²) < 4.78 is 34.4. The topological polar surface area (TPSA) is 74.6 Å². The van der Waals surface area contributed by atoms with Crippen LogP contribution in [0.15, 0.2) is 17.2 Å². The Morgan fingerprint density at radius 1 is 1.43 bits per heavy atom. The van der Waals surface area contributed by atoms with Crippen molar-refractivity contribution in [1.82, 2.24) is 4.57 Å². The maximum atomic E-state index is 12.0. The first-order valence-corrected chi connectivity index (χ1v) is 9.03. The summed E-state index contributed by atoms with van der Waals surface area (Å²) in [5.74, 6) is 0.121. The van der Waals surface area contributed by atoms with E-state index in [-0.39, 0.29) is 10.6 Å². The maximum Gasteiger partial charge on any atom is 0.354 e. The van der Waals surface area contributed by atoms with Crippen molar-refractivity contribution in [3.63, 3.8) is 0 Å². The fourth-order valence-electron chi connectivity index (χ4n) is 1.96. The van der Waals surface area contributed by atoms with Gasteiger partial charge in [-0.2, -0.15) is 0 Å². The van der Waals surface area contributed by atoms with E-state index < -0.39 is 15.0 Å². The van der Waals surface area contributed by atoms with Gasteiger partial charge < -0.3 is 14.0 Å². The number of aromatic nitrogens is 1. The second-order valence-electron chi connectivity index (χ2n) is 5.05. The summed E-state index contributed by atoms with van der Waals surface area (Å²) >= 11 is 0. The molecular weight excluding hydrogens is 318 g/mol. The molecule has 8 heteroatoms. The molecule has 0 atom stereocenters. The van der Waals surface area contributed by atoms with E-state index in [1.54, 1.807) is 0 Å². The van der Waals surface area contributed by atoms with Crippen molar-refractivity contribution in [3.05, 3.63) is 18.0 Å². The van der Waals surface area contributed by atoms with Gasteiger partial charge in [-0.1, -0.05) is 12.8 Å². The Bertz CT molecular complexity index is 606. The molecular formula is C13H18ClNO5S. The van der Waals surface area contributed by atoms with E-state index in [0.717, 1.165) is 6.42 Å². The van der Waals surface area contributed by atoms with Gasteiger partial charge in [0.15, 0.2) is 0 Å². The Morgan fingerprint density at radius 3 is 2.71 bits per heavy atom. The zero-order valence-corrected chi connectivity index (χ0v) is 13.3. The quantitative estimate of drug-likeness (QED) is 0.536. The van der Waals surface area contributed by atoms with Crippen LogP contribution in [0.4, 0.5) is 0 Å². The van der Waals surface area contributed by atoms with E-state index in [4.69, 9.17) is 20.2 Å². The summed E-state index contributed by atoms with van der Waals surface area (Å²) in [6.07, 6.45) is 4.55. The summed E-state index contributed by atoms with van der Waals surface area (Å²) in [5, 5.41) is 0. The number of hydrogen-bond donors (Lipinski definition) is 0. The van der Waals surface area contributed by atoms with Crippen LogP contribution in [0.25, 0.3) is 0 Å². The molecule has 2 rings (SSSR count). The number of carbonyl (C=O) groups excluding carboxylic acids is 1. The average molecular weight is 336 g/mol. The molecule has 1 saturated carbocycles. The van der Waals surface area contributed by atoms with Crippen LogP contribution in [0, 0.1) is 5.92 Å². The average Bonchev–Trinajstić information content (AvgIpc) is 3.12. The number of nitrogens with zero attached hydrogens (tertiary/aromatic N) is 1. The minimum atomic E-state index is -3.88. The van der Waals surface area contributed by atoms with Gasteiger partial charge in [0.2, 0.25) is 0 Å². The molecule has 0 radical (unpaired) electrons. The van der Waals surface area contributed by atoms with Gasteiger partial charge in [0.05, 0.1) is 13.2 Å². The highest BCUT2D eigenvalue weighted by molar-refractivity contribution is 8.13. The van der Waals surface area contributed by atoms with Gasteiger partial charge in [0.25, 0.3) is 9.05 Å². The molecule has 1 aromatic rings. The summed E-state index contributed by atoms with van der Waals surface area (Å²) in [7, 11) is 2.95. The molecule has 0 aromatic carbocycles. The SMILES string of the molecule is COCCn1cc(S(=O)(=O)Cl)cc1C(=O)OCCC1CC1. The number of hydrogen-bond acceptors (Lipinski definition) is 5. The number of esters is 1. The molecule has 1 heterocycles. The summed E-state index contributed by atoms with van der Waals surface area (Å²) in [4.78, 5) is 11.9. The number of rotatable bonds is 8. The Balaban J connectivity index is 2.09. The molecule has 0 spiro atoms. The first kappa shape index (κ1) is 16.3. The molecule has 0 aliphatic heterocycles. The fraction of sp³-hybridized carbons (Fsp3) is 0.615. The molecule has 6 nitrogen and oxygen atoms in total. The first-order chi connectivity index (χ1) is 9.91.